The van der Waals surface area contributed by atoms with Crippen LogP contribution in [0.3, 0.4) is 0 Å². The quantitative estimate of drug-likeness (QED) is 0.588. The van der Waals surface area contributed by atoms with Crippen LogP contribution in [-0.4, -0.2) is 11.7 Å². The zero-order valence-electron chi connectivity index (χ0n) is 8.77. The number of Topliss-reactive ketones (excluding diaryl/α,β-unsaturated/α-hetero) is 1. The highest BCUT2D eigenvalue weighted by Gasteiger charge is 2.23. The highest BCUT2D eigenvalue weighted by molar-refractivity contribution is 6.09. The second-order valence-corrected chi connectivity index (χ2v) is 3.47. The molecule has 0 fully saturated rings. The fourth-order valence-electron chi connectivity index (χ4n) is 1.49. The summed E-state index contributed by atoms with van der Waals surface area (Å²) >= 11 is 0. The van der Waals surface area contributed by atoms with Crippen LogP contribution in [0, 0.1) is 5.92 Å². The van der Waals surface area contributed by atoms with E-state index in [2.05, 4.69) is 0 Å². The summed E-state index contributed by atoms with van der Waals surface area (Å²) in [6.07, 6.45) is 1.29. The Labute approximate surface area is 89.3 Å². The van der Waals surface area contributed by atoms with E-state index in [4.69, 9.17) is 5.73 Å². The SMILES string of the molecule is CCC[C@@H](C(N)=O)C(=O)c1ccccc1. The first-order valence-corrected chi connectivity index (χ1v) is 5.05. The highest BCUT2D eigenvalue weighted by atomic mass is 16.2. The average Bonchev–Trinajstić information content (AvgIpc) is 2.26. The molecule has 2 N–H and O–H groups in total. The van der Waals surface area contributed by atoms with Gasteiger partial charge in [0.05, 0.1) is 0 Å². The molecule has 0 aliphatic rings. The lowest BCUT2D eigenvalue weighted by atomic mass is 9.93. The van der Waals surface area contributed by atoms with Crippen LogP contribution >= 0.6 is 0 Å². The minimum atomic E-state index is -0.683. The molecule has 1 aromatic carbocycles. The van der Waals surface area contributed by atoms with Gasteiger partial charge in [-0.1, -0.05) is 43.7 Å². The van der Waals surface area contributed by atoms with Gasteiger partial charge in [0, 0.05) is 5.56 Å². The molecule has 80 valence electrons. The Hall–Kier alpha value is -1.64. The zero-order chi connectivity index (χ0) is 11.3. The average molecular weight is 205 g/mol. The number of primary amides is 1. The fraction of sp³-hybridized carbons (Fsp3) is 0.333. The summed E-state index contributed by atoms with van der Waals surface area (Å²) in [7, 11) is 0. The number of nitrogens with two attached hydrogens (primary N) is 1. The van der Waals surface area contributed by atoms with Crippen molar-refractivity contribution in [2.24, 2.45) is 11.7 Å². The van der Waals surface area contributed by atoms with Gasteiger partial charge in [-0.3, -0.25) is 9.59 Å². The number of benzene rings is 1. The Balaban J connectivity index is 2.86. The molecule has 0 bridgehead atoms. The number of rotatable bonds is 5. The first-order chi connectivity index (χ1) is 7.16. The molecule has 1 aromatic rings. The molecule has 0 radical (unpaired) electrons. The number of carbonyl (C=O) groups is 2. The number of hydrogen-bond acceptors (Lipinski definition) is 2. The molecule has 0 unspecified atom stereocenters. The van der Waals surface area contributed by atoms with E-state index in [0.29, 0.717) is 12.0 Å². The third-order valence-electron chi connectivity index (χ3n) is 2.30. The van der Waals surface area contributed by atoms with E-state index in [9.17, 15) is 9.59 Å². The second kappa shape index (κ2) is 5.29. The van der Waals surface area contributed by atoms with E-state index in [-0.39, 0.29) is 5.78 Å². The topological polar surface area (TPSA) is 60.2 Å². The molecule has 1 atom stereocenters. The number of amides is 1. The molecule has 0 saturated carbocycles. The van der Waals surface area contributed by atoms with Crippen molar-refractivity contribution in [1.29, 1.82) is 0 Å². The standard InChI is InChI=1S/C12H15NO2/c1-2-6-10(12(13)15)11(14)9-7-4-3-5-8-9/h3-5,7-8,10H,2,6H2,1H3,(H2,13,15)/t10-/m1/s1. The Morgan fingerprint density at radius 3 is 2.33 bits per heavy atom. The second-order valence-electron chi connectivity index (χ2n) is 3.47. The van der Waals surface area contributed by atoms with Crippen molar-refractivity contribution in [3.63, 3.8) is 0 Å². The lowest BCUT2D eigenvalue weighted by molar-refractivity contribution is -0.120. The van der Waals surface area contributed by atoms with Crippen molar-refractivity contribution < 1.29 is 9.59 Å². The fourth-order valence-corrected chi connectivity index (χ4v) is 1.49. The van der Waals surface area contributed by atoms with E-state index in [1.54, 1.807) is 24.3 Å². The molecule has 3 heteroatoms. The van der Waals surface area contributed by atoms with Crippen molar-refractivity contribution in [3.8, 4) is 0 Å². The predicted octanol–water partition coefficient (Wildman–Crippen LogP) is 1.77. The Bertz CT molecular complexity index is 346. The third kappa shape index (κ3) is 2.91. The van der Waals surface area contributed by atoms with Crippen molar-refractivity contribution in [2.75, 3.05) is 0 Å². The van der Waals surface area contributed by atoms with E-state index in [1.807, 2.05) is 13.0 Å². The minimum absolute atomic E-state index is 0.176. The maximum atomic E-state index is 11.9. The molecular formula is C12H15NO2. The summed E-state index contributed by atoms with van der Waals surface area (Å²) in [6, 6.07) is 8.78. The molecule has 0 saturated heterocycles. The van der Waals surface area contributed by atoms with Gasteiger partial charge in [0.15, 0.2) is 5.78 Å². The van der Waals surface area contributed by atoms with Crippen molar-refractivity contribution in [1.82, 2.24) is 0 Å². The van der Waals surface area contributed by atoms with E-state index < -0.39 is 11.8 Å². The normalized spacial score (nSPS) is 12.1. The highest BCUT2D eigenvalue weighted by Crippen LogP contribution is 2.13. The van der Waals surface area contributed by atoms with Gasteiger partial charge < -0.3 is 5.73 Å². The molecular weight excluding hydrogens is 190 g/mol. The summed E-state index contributed by atoms with van der Waals surface area (Å²) in [6.45, 7) is 1.92. The van der Waals surface area contributed by atoms with Crippen molar-refractivity contribution in [3.05, 3.63) is 35.9 Å². The lowest BCUT2D eigenvalue weighted by Crippen LogP contribution is -2.30. The van der Waals surface area contributed by atoms with Crippen molar-refractivity contribution >= 4 is 11.7 Å². The van der Waals surface area contributed by atoms with Crippen molar-refractivity contribution in [2.45, 2.75) is 19.8 Å². The monoisotopic (exact) mass is 205 g/mol. The molecule has 0 spiro atoms. The van der Waals surface area contributed by atoms with E-state index in [0.717, 1.165) is 6.42 Å². The molecule has 0 aliphatic carbocycles. The predicted molar refractivity (Wildman–Crippen MR) is 58.4 cm³/mol. The van der Waals surface area contributed by atoms with Crippen LogP contribution in [0.25, 0.3) is 0 Å². The van der Waals surface area contributed by atoms with Gasteiger partial charge in [-0.15, -0.1) is 0 Å². The number of ketones is 1. The van der Waals surface area contributed by atoms with Crippen LogP contribution in [0.15, 0.2) is 30.3 Å². The third-order valence-corrected chi connectivity index (χ3v) is 2.30. The van der Waals surface area contributed by atoms with Crippen LogP contribution in [-0.2, 0) is 4.79 Å². The maximum Gasteiger partial charge on any atom is 0.228 e. The maximum absolute atomic E-state index is 11.9. The van der Waals surface area contributed by atoms with Crippen LogP contribution in [0.5, 0.6) is 0 Å². The van der Waals surface area contributed by atoms with Gasteiger partial charge in [-0.05, 0) is 6.42 Å². The number of carbonyl (C=O) groups excluding carboxylic acids is 2. The Morgan fingerprint density at radius 2 is 1.87 bits per heavy atom. The van der Waals surface area contributed by atoms with Gasteiger partial charge in [0.2, 0.25) is 5.91 Å². The van der Waals surface area contributed by atoms with Gasteiger partial charge in [0.1, 0.15) is 5.92 Å². The first kappa shape index (κ1) is 11.4. The summed E-state index contributed by atoms with van der Waals surface area (Å²) in [5.41, 5.74) is 5.75. The smallest absolute Gasteiger partial charge is 0.228 e. The molecule has 0 aromatic heterocycles. The number of hydrogen-bond donors (Lipinski definition) is 1. The van der Waals surface area contributed by atoms with Gasteiger partial charge in [0.25, 0.3) is 0 Å². The summed E-state index contributed by atoms with van der Waals surface area (Å²) in [4.78, 5) is 23.0. The van der Waals surface area contributed by atoms with Crippen LogP contribution in [0.1, 0.15) is 30.1 Å². The molecule has 3 nitrogen and oxygen atoms in total. The molecule has 1 amide bonds. The molecule has 15 heavy (non-hydrogen) atoms. The Morgan fingerprint density at radius 1 is 1.27 bits per heavy atom. The summed E-state index contributed by atoms with van der Waals surface area (Å²) < 4.78 is 0. The van der Waals surface area contributed by atoms with Crippen LogP contribution < -0.4 is 5.73 Å². The lowest BCUT2D eigenvalue weighted by Gasteiger charge is -2.10. The van der Waals surface area contributed by atoms with Gasteiger partial charge >= 0.3 is 0 Å². The van der Waals surface area contributed by atoms with Gasteiger partial charge in [-0.25, -0.2) is 0 Å². The van der Waals surface area contributed by atoms with Crippen LogP contribution in [0.4, 0.5) is 0 Å². The molecule has 0 aliphatic heterocycles. The van der Waals surface area contributed by atoms with E-state index >= 15 is 0 Å². The first-order valence-electron chi connectivity index (χ1n) is 5.05. The van der Waals surface area contributed by atoms with Gasteiger partial charge in [-0.2, -0.15) is 0 Å². The molecule has 1 rings (SSSR count). The summed E-state index contributed by atoms with van der Waals surface area (Å²) in [5.74, 6) is -1.40. The minimum Gasteiger partial charge on any atom is -0.369 e. The van der Waals surface area contributed by atoms with E-state index in [1.165, 1.54) is 0 Å². The summed E-state index contributed by atoms with van der Waals surface area (Å²) in [5, 5.41) is 0. The molecule has 0 heterocycles. The largest absolute Gasteiger partial charge is 0.369 e. The Kier molecular flexibility index (Phi) is 4.03. The van der Waals surface area contributed by atoms with Crippen LogP contribution in [0.2, 0.25) is 0 Å². The zero-order valence-corrected chi connectivity index (χ0v) is 8.77.